The van der Waals surface area contributed by atoms with Crippen LogP contribution in [0.5, 0.6) is 0 Å². The molecule has 0 amide bonds. The largest absolute Gasteiger partial charge is 0.424 e. The van der Waals surface area contributed by atoms with Crippen LogP contribution in [0.2, 0.25) is 0 Å². The van der Waals surface area contributed by atoms with Gasteiger partial charge in [-0.1, -0.05) is 41.5 Å². The Morgan fingerprint density at radius 2 is 0.667 bits per heavy atom. The maximum Gasteiger partial charge on any atom is 0.424 e. The van der Waals surface area contributed by atoms with E-state index >= 15 is 0 Å². The van der Waals surface area contributed by atoms with Gasteiger partial charge in [0.2, 0.25) is 0 Å². The second-order valence-electron chi connectivity index (χ2n) is 6.78. The first kappa shape index (κ1) is 20.4. The monoisotopic (exact) mass is 330 g/mol. The van der Waals surface area contributed by atoms with E-state index in [2.05, 4.69) is 4.74 Å². The molecule has 0 aliphatic rings. The predicted octanol–water partition coefficient (Wildman–Crippen LogP) is 5.55. The zero-order valence-corrected chi connectivity index (χ0v) is 12.4. The smallest absolute Gasteiger partial charge is 0.246 e. The molecule has 0 heterocycles. The number of halogens is 8. The molecule has 0 saturated heterocycles. The van der Waals surface area contributed by atoms with Gasteiger partial charge >= 0.3 is 24.1 Å². The third-order valence-electron chi connectivity index (χ3n) is 2.87. The maximum atomic E-state index is 13.5. The molecule has 1 nitrogen and oxygen atoms in total. The molecular formula is C12H18F8O. The fourth-order valence-corrected chi connectivity index (χ4v) is 1.16. The number of hydrogen-bond donors (Lipinski definition) is 0. The van der Waals surface area contributed by atoms with E-state index in [1.54, 1.807) is 0 Å². The van der Waals surface area contributed by atoms with Gasteiger partial charge < -0.3 is 0 Å². The van der Waals surface area contributed by atoms with E-state index in [-0.39, 0.29) is 0 Å². The van der Waals surface area contributed by atoms with Crippen molar-refractivity contribution in [2.24, 2.45) is 10.8 Å². The molecule has 0 radical (unpaired) electrons. The standard InChI is InChI=1S/C12H18F8O/c1-7(2,3)9(13,14)11(17,18)21-12(19,20)10(15,16)8(4,5)6/h1-6H3. The fraction of sp³-hybridized carbons (Fsp3) is 1.00. The molecule has 0 rings (SSSR count). The molecule has 0 aromatic rings. The van der Waals surface area contributed by atoms with Crippen molar-refractivity contribution in [1.82, 2.24) is 0 Å². The Morgan fingerprint density at radius 3 is 0.810 bits per heavy atom. The average molecular weight is 330 g/mol. The third-order valence-corrected chi connectivity index (χ3v) is 2.87. The van der Waals surface area contributed by atoms with Crippen LogP contribution in [-0.4, -0.2) is 24.1 Å². The summed E-state index contributed by atoms with van der Waals surface area (Å²) in [4.78, 5) is 0. The summed E-state index contributed by atoms with van der Waals surface area (Å²) in [5, 5.41) is 0. The van der Waals surface area contributed by atoms with Gasteiger partial charge in [-0.15, -0.1) is 0 Å². The summed E-state index contributed by atoms with van der Waals surface area (Å²) in [7, 11) is 0. The lowest BCUT2D eigenvalue weighted by atomic mass is 9.86. The lowest BCUT2D eigenvalue weighted by Gasteiger charge is -2.41. The summed E-state index contributed by atoms with van der Waals surface area (Å²) >= 11 is 0. The zero-order chi connectivity index (χ0) is 17.7. The molecule has 0 N–H and O–H groups in total. The second kappa shape index (κ2) is 4.96. The van der Waals surface area contributed by atoms with E-state index in [1.165, 1.54) is 0 Å². The van der Waals surface area contributed by atoms with E-state index in [0.29, 0.717) is 41.5 Å². The van der Waals surface area contributed by atoms with Gasteiger partial charge in [0.1, 0.15) is 0 Å². The molecule has 0 aromatic heterocycles. The van der Waals surface area contributed by atoms with Crippen LogP contribution >= 0.6 is 0 Å². The zero-order valence-electron chi connectivity index (χ0n) is 12.4. The minimum atomic E-state index is -5.77. The van der Waals surface area contributed by atoms with Crippen molar-refractivity contribution in [3.8, 4) is 0 Å². The Balaban J connectivity index is 5.65. The number of hydrogen-bond acceptors (Lipinski definition) is 1. The molecule has 0 aliphatic heterocycles. The minimum Gasteiger partial charge on any atom is -0.246 e. The minimum absolute atomic E-state index is 0.643. The van der Waals surface area contributed by atoms with Crippen molar-refractivity contribution in [2.45, 2.75) is 65.6 Å². The Labute approximate surface area is 117 Å². The van der Waals surface area contributed by atoms with Crippen LogP contribution in [0.15, 0.2) is 0 Å². The lowest BCUT2D eigenvalue weighted by molar-refractivity contribution is -0.486. The van der Waals surface area contributed by atoms with E-state index in [0.717, 1.165) is 0 Å². The summed E-state index contributed by atoms with van der Waals surface area (Å²) in [5.74, 6) is -10.2. The SMILES string of the molecule is CC(C)(C)C(F)(F)C(F)(F)OC(F)(F)C(F)(F)C(C)(C)C. The van der Waals surface area contributed by atoms with Crippen LogP contribution in [-0.2, 0) is 4.74 Å². The van der Waals surface area contributed by atoms with Gasteiger partial charge in [0, 0.05) is 10.8 Å². The molecule has 0 bridgehead atoms. The van der Waals surface area contributed by atoms with Crippen molar-refractivity contribution >= 4 is 0 Å². The van der Waals surface area contributed by atoms with Crippen LogP contribution in [0.3, 0.4) is 0 Å². The molecule has 0 fully saturated rings. The number of ether oxygens (including phenoxy) is 1. The quantitative estimate of drug-likeness (QED) is 0.614. The summed E-state index contributed by atoms with van der Waals surface area (Å²) in [6.45, 7) is 3.86. The second-order valence-corrected chi connectivity index (χ2v) is 6.78. The van der Waals surface area contributed by atoms with Crippen molar-refractivity contribution in [1.29, 1.82) is 0 Å². The van der Waals surface area contributed by atoms with E-state index in [9.17, 15) is 35.1 Å². The number of rotatable bonds is 4. The molecule has 21 heavy (non-hydrogen) atoms. The van der Waals surface area contributed by atoms with Gasteiger partial charge in [-0.3, -0.25) is 0 Å². The molecule has 0 unspecified atom stereocenters. The van der Waals surface area contributed by atoms with Crippen LogP contribution in [0.4, 0.5) is 35.1 Å². The average Bonchev–Trinajstić information content (AvgIpc) is 2.11. The summed E-state index contributed by atoms with van der Waals surface area (Å²) in [5.41, 5.74) is -4.97. The highest BCUT2D eigenvalue weighted by molar-refractivity contribution is 4.94. The van der Waals surface area contributed by atoms with Gasteiger partial charge in [0.05, 0.1) is 0 Å². The van der Waals surface area contributed by atoms with Gasteiger partial charge in [-0.2, -0.15) is 35.1 Å². The molecule has 128 valence electrons. The predicted molar refractivity (Wildman–Crippen MR) is 59.8 cm³/mol. The molecular weight excluding hydrogens is 312 g/mol. The first-order chi connectivity index (χ1) is 8.71. The van der Waals surface area contributed by atoms with Crippen molar-refractivity contribution < 1.29 is 39.9 Å². The van der Waals surface area contributed by atoms with E-state index in [1.807, 2.05) is 0 Å². The molecule has 0 aromatic carbocycles. The summed E-state index contributed by atoms with van der Waals surface area (Å²) in [6.07, 6.45) is -11.5. The van der Waals surface area contributed by atoms with Gasteiger partial charge in [0.25, 0.3) is 0 Å². The van der Waals surface area contributed by atoms with Crippen LogP contribution in [0, 0.1) is 10.8 Å². The highest BCUT2D eigenvalue weighted by atomic mass is 19.3. The Kier molecular flexibility index (Phi) is 4.82. The molecule has 0 atom stereocenters. The van der Waals surface area contributed by atoms with Crippen molar-refractivity contribution in [3.63, 3.8) is 0 Å². The molecule has 0 spiro atoms. The normalized spacial score (nSPS) is 16.3. The molecule has 0 saturated carbocycles. The van der Waals surface area contributed by atoms with E-state index in [4.69, 9.17) is 0 Å². The van der Waals surface area contributed by atoms with Gasteiger partial charge in [-0.05, 0) is 0 Å². The Bertz CT molecular complexity index is 340. The maximum absolute atomic E-state index is 13.5. The summed E-state index contributed by atoms with van der Waals surface area (Å²) in [6, 6.07) is 0. The highest BCUT2D eigenvalue weighted by Crippen LogP contribution is 2.54. The Morgan fingerprint density at radius 1 is 0.476 bits per heavy atom. The molecule has 0 aliphatic carbocycles. The Hall–Kier alpha value is -0.600. The van der Waals surface area contributed by atoms with Crippen molar-refractivity contribution in [2.75, 3.05) is 0 Å². The number of alkyl halides is 8. The van der Waals surface area contributed by atoms with Gasteiger partial charge in [-0.25, -0.2) is 4.74 Å². The topological polar surface area (TPSA) is 9.23 Å². The lowest BCUT2D eigenvalue weighted by Crippen LogP contribution is -2.60. The van der Waals surface area contributed by atoms with E-state index < -0.39 is 34.9 Å². The van der Waals surface area contributed by atoms with Crippen LogP contribution in [0.1, 0.15) is 41.5 Å². The first-order valence-electron chi connectivity index (χ1n) is 5.92. The highest BCUT2D eigenvalue weighted by Gasteiger charge is 2.73. The fourth-order valence-electron chi connectivity index (χ4n) is 1.16. The van der Waals surface area contributed by atoms with Crippen LogP contribution in [0.25, 0.3) is 0 Å². The molecule has 9 heteroatoms. The first-order valence-corrected chi connectivity index (χ1v) is 5.92. The van der Waals surface area contributed by atoms with Crippen molar-refractivity contribution in [3.05, 3.63) is 0 Å². The van der Waals surface area contributed by atoms with Gasteiger partial charge in [0.15, 0.2) is 0 Å². The summed E-state index contributed by atoms with van der Waals surface area (Å²) < 4.78 is 110. The van der Waals surface area contributed by atoms with Crippen LogP contribution < -0.4 is 0 Å². The third kappa shape index (κ3) is 3.43.